The molecule has 164 valence electrons. The number of benzene rings is 2. The largest absolute Gasteiger partial charge is 0.332 e. The molecular weight excluding hydrogens is 467 g/mol. The first-order chi connectivity index (χ1) is 15.3. The fourth-order valence-electron chi connectivity index (χ4n) is 3.32. The molecule has 0 aliphatic heterocycles. The van der Waals surface area contributed by atoms with Gasteiger partial charge in [-0.05, 0) is 42.8 Å². The summed E-state index contributed by atoms with van der Waals surface area (Å²) in [5.74, 6) is -0.543. The van der Waals surface area contributed by atoms with Crippen molar-refractivity contribution < 1.29 is 9.59 Å². The topological polar surface area (TPSA) is 67.2 Å². The van der Waals surface area contributed by atoms with E-state index in [0.717, 1.165) is 21.5 Å². The van der Waals surface area contributed by atoms with Crippen LogP contribution < -0.4 is 5.32 Å². The number of halogens is 2. The Labute approximate surface area is 199 Å². The zero-order chi connectivity index (χ0) is 22.8. The Morgan fingerprint density at radius 3 is 2.56 bits per heavy atom. The second-order valence-electron chi connectivity index (χ2n) is 7.39. The maximum Gasteiger partial charge on any atom is 0.264 e. The van der Waals surface area contributed by atoms with Crippen LogP contribution in [0.3, 0.4) is 0 Å². The van der Waals surface area contributed by atoms with Crippen LogP contribution in [0.15, 0.2) is 54.6 Å². The highest BCUT2D eigenvalue weighted by Gasteiger charge is 2.21. The molecule has 2 aromatic carbocycles. The number of likely N-dealkylation sites (N-methyl/N-ethyl adjacent to an activating group) is 1. The van der Waals surface area contributed by atoms with Crippen LogP contribution >= 0.6 is 34.5 Å². The zero-order valence-electron chi connectivity index (χ0n) is 17.4. The van der Waals surface area contributed by atoms with Gasteiger partial charge in [0.25, 0.3) is 5.91 Å². The fourth-order valence-corrected chi connectivity index (χ4v) is 4.78. The van der Waals surface area contributed by atoms with E-state index < -0.39 is 0 Å². The minimum absolute atomic E-state index is 0.0891. The van der Waals surface area contributed by atoms with E-state index in [2.05, 4.69) is 10.4 Å². The third-order valence-electron chi connectivity index (χ3n) is 4.94. The summed E-state index contributed by atoms with van der Waals surface area (Å²) >= 11 is 13.4. The van der Waals surface area contributed by atoms with Gasteiger partial charge in [-0.2, -0.15) is 5.10 Å². The standard InChI is InChI=1S/C23H20Cl2N4O2S/c1-14-17-11-20(32-23(17)29(27-14)12-15-7-9-16(24)10-8-15)22(31)28(2)13-21(30)26-19-6-4-3-5-18(19)25/h3-11H,12-13H2,1-2H3,(H,26,30). The first-order valence-corrected chi connectivity index (χ1v) is 11.4. The Morgan fingerprint density at radius 2 is 1.84 bits per heavy atom. The van der Waals surface area contributed by atoms with Crippen LogP contribution in [-0.4, -0.2) is 40.1 Å². The van der Waals surface area contributed by atoms with Gasteiger partial charge in [0.2, 0.25) is 5.91 Å². The quantitative estimate of drug-likeness (QED) is 0.392. The summed E-state index contributed by atoms with van der Waals surface area (Å²) in [6.45, 7) is 2.41. The smallest absolute Gasteiger partial charge is 0.264 e. The van der Waals surface area contributed by atoms with Crippen molar-refractivity contribution in [2.24, 2.45) is 0 Å². The summed E-state index contributed by atoms with van der Waals surface area (Å²) in [6, 6.07) is 16.4. The van der Waals surface area contributed by atoms with Crippen molar-refractivity contribution in [1.82, 2.24) is 14.7 Å². The number of anilines is 1. The number of nitrogens with one attached hydrogen (secondary N) is 1. The van der Waals surface area contributed by atoms with E-state index in [1.807, 2.05) is 41.9 Å². The Morgan fingerprint density at radius 1 is 1.12 bits per heavy atom. The van der Waals surface area contributed by atoms with Gasteiger partial charge in [0.15, 0.2) is 0 Å². The molecule has 0 aliphatic rings. The predicted molar refractivity (Wildman–Crippen MR) is 130 cm³/mol. The number of amides is 2. The van der Waals surface area contributed by atoms with Crippen molar-refractivity contribution in [3.05, 3.63) is 80.8 Å². The Bertz CT molecular complexity index is 1300. The number of fused-ring (bicyclic) bond motifs is 1. The summed E-state index contributed by atoms with van der Waals surface area (Å²) < 4.78 is 1.89. The zero-order valence-corrected chi connectivity index (χ0v) is 19.8. The van der Waals surface area contributed by atoms with Crippen molar-refractivity contribution in [2.75, 3.05) is 18.9 Å². The molecule has 0 radical (unpaired) electrons. The van der Waals surface area contributed by atoms with E-state index in [9.17, 15) is 9.59 Å². The average Bonchev–Trinajstić information content (AvgIpc) is 3.32. The number of aryl methyl sites for hydroxylation is 1. The molecular formula is C23H20Cl2N4O2S. The second-order valence-corrected chi connectivity index (χ2v) is 9.26. The first kappa shape index (κ1) is 22.3. The normalized spacial score (nSPS) is 11.0. The minimum Gasteiger partial charge on any atom is -0.332 e. The molecule has 9 heteroatoms. The Hall–Kier alpha value is -2.87. The molecule has 2 amide bonds. The molecule has 1 N–H and O–H groups in total. The fraction of sp³-hybridized carbons (Fsp3) is 0.174. The van der Waals surface area contributed by atoms with Gasteiger partial charge in [-0.15, -0.1) is 11.3 Å². The molecule has 4 rings (SSSR count). The van der Waals surface area contributed by atoms with Gasteiger partial charge < -0.3 is 10.2 Å². The van der Waals surface area contributed by atoms with Crippen LogP contribution in [-0.2, 0) is 11.3 Å². The van der Waals surface area contributed by atoms with Gasteiger partial charge in [0.05, 0.1) is 34.4 Å². The molecule has 0 unspecified atom stereocenters. The van der Waals surface area contributed by atoms with Crippen LogP contribution in [0.1, 0.15) is 20.9 Å². The van der Waals surface area contributed by atoms with Gasteiger partial charge in [-0.1, -0.05) is 47.5 Å². The van der Waals surface area contributed by atoms with Crippen LogP contribution in [0.2, 0.25) is 10.0 Å². The maximum atomic E-state index is 13.0. The lowest BCUT2D eigenvalue weighted by Gasteiger charge is -2.16. The van der Waals surface area contributed by atoms with Gasteiger partial charge in [-0.3, -0.25) is 14.3 Å². The lowest BCUT2D eigenvalue weighted by molar-refractivity contribution is -0.116. The van der Waals surface area contributed by atoms with E-state index in [4.69, 9.17) is 23.2 Å². The lowest BCUT2D eigenvalue weighted by atomic mass is 10.2. The molecule has 0 atom stereocenters. The molecule has 0 saturated carbocycles. The van der Waals surface area contributed by atoms with Gasteiger partial charge in [0.1, 0.15) is 4.83 Å². The van der Waals surface area contributed by atoms with Crippen LogP contribution in [0.5, 0.6) is 0 Å². The summed E-state index contributed by atoms with van der Waals surface area (Å²) in [4.78, 5) is 28.2. The van der Waals surface area contributed by atoms with Crippen molar-refractivity contribution in [1.29, 1.82) is 0 Å². The third kappa shape index (κ3) is 4.80. The number of thiophene rings is 1. The monoisotopic (exact) mass is 486 g/mol. The summed E-state index contributed by atoms with van der Waals surface area (Å²) in [5.41, 5.74) is 2.43. The molecule has 2 heterocycles. The number of para-hydroxylation sites is 1. The van der Waals surface area contributed by atoms with Crippen LogP contribution in [0, 0.1) is 6.92 Å². The number of carbonyl (C=O) groups excluding carboxylic acids is 2. The Balaban J connectivity index is 1.49. The lowest BCUT2D eigenvalue weighted by Crippen LogP contribution is -2.34. The summed E-state index contributed by atoms with van der Waals surface area (Å²) in [6.07, 6.45) is 0. The molecule has 4 aromatic rings. The SMILES string of the molecule is Cc1nn(Cc2ccc(Cl)cc2)c2sc(C(=O)N(C)CC(=O)Nc3ccccc3Cl)cc12. The van der Waals surface area contributed by atoms with E-state index in [0.29, 0.717) is 27.2 Å². The first-order valence-electron chi connectivity index (χ1n) is 9.83. The predicted octanol–water partition coefficient (Wildman–Crippen LogP) is 5.47. The average molecular weight is 487 g/mol. The van der Waals surface area contributed by atoms with E-state index in [1.54, 1.807) is 31.3 Å². The molecule has 32 heavy (non-hydrogen) atoms. The third-order valence-corrected chi connectivity index (χ3v) is 6.66. The highest BCUT2D eigenvalue weighted by Crippen LogP contribution is 2.30. The molecule has 0 saturated heterocycles. The van der Waals surface area contributed by atoms with Crippen molar-refractivity contribution in [2.45, 2.75) is 13.5 Å². The number of nitrogens with zero attached hydrogens (tertiary/aromatic N) is 3. The number of carbonyl (C=O) groups is 2. The van der Waals surface area contributed by atoms with Gasteiger partial charge >= 0.3 is 0 Å². The number of aromatic nitrogens is 2. The van der Waals surface area contributed by atoms with Crippen molar-refractivity contribution >= 4 is 62.3 Å². The van der Waals surface area contributed by atoms with Crippen molar-refractivity contribution in [3.8, 4) is 0 Å². The molecule has 2 aromatic heterocycles. The molecule has 0 fully saturated rings. The second kappa shape index (κ2) is 9.32. The number of rotatable bonds is 6. The van der Waals surface area contributed by atoms with Crippen LogP contribution in [0.4, 0.5) is 5.69 Å². The number of hydrogen-bond acceptors (Lipinski definition) is 4. The van der Waals surface area contributed by atoms with E-state index in [-0.39, 0.29) is 18.4 Å². The summed E-state index contributed by atoms with van der Waals surface area (Å²) in [7, 11) is 1.60. The highest BCUT2D eigenvalue weighted by molar-refractivity contribution is 7.20. The maximum absolute atomic E-state index is 13.0. The number of hydrogen-bond donors (Lipinski definition) is 1. The van der Waals surface area contributed by atoms with E-state index in [1.165, 1.54) is 16.2 Å². The molecule has 0 aliphatic carbocycles. The van der Waals surface area contributed by atoms with Gasteiger partial charge in [-0.25, -0.2) is 0 Å². The van der Waals surface area contributed by atoms with E-state index >= 15 is 0 Å². The van der Waals surface area contributed by atoms with Gasteiger partial charge in [0, 0.05) is 17.5 Å². The van der Waals surface area contributed by atoms with Crippen molar-refractivity contribution in [3.63, 3.8) is 0 Å². The molecule has 6 nitrogen and oxygen atoms in total. The molecule has 0 bridgehead atoms. The highest BCUT2D eigenvalue weighted by atomic mass is 35.5. The molecule has 0 spiro atoms. The summed E-state index contributed by atoms with van der Waals surface area (Å²) in [5, 5.41) is 9.40. The minimum atomic E-state index is -0.319. The Kier molecular flexibility index (Phi) is 6.50. The van der Waals surface area contributed by atoms with Crippen LogP contribution in [0.25, 0.3) is 10.2 Å².